The van der Waals surface area contributed by atoms with E-state index in [0.29, 0.717) is 12.8 Å². The molecule has 1 saturated carbocycles. The van der Waals surface area contributed by atoms with Gasteiger partial charge in [-0.15, -0.1) is 0 Å². The highest BCUT2D eigenvalue weighted by atomic mass is 19.2. The molecule has 1 aliphatic carbocycles. The Balaban J connectivity index is 2.33. The number of aliphatic hydroxyl groups is 1. The van der Waals surface area contributed by atoms with Crippen molar-refractivity contribution in [3.63, 3.8) is 0 Å². The van der Waals surface area contributed by atoms with E-state index in [1.54, 1.807) is 0 Å². The van der Waals surface area contributed by atoms with Crippen LogP contribution in [0.25, 0.3) is 0 Å². The van der Waals surface area contributed by atoms with Gasteiger partial charge in [0, 0.05) is 18.6 Å². The zero-order valence-corrected chi connectivity index (χ0v) is 10.5. The van der Waals surface area contributed by atoms with Crippen molar-refractivity contribution in [3.8, 4) is 0 Å². The third-order valence-corrected chi connectivity index (χ3v) is 3.68. The fourth-order valence-electron chi connectivity index (χ4n) is 2.53. The Morgan fingerprint density at radius 3 is 1.90 bits per heavy atom. The lowest BCUT2D eigenvalue weighted by Crippen LogP contribution is -2.35. The molecule has 2 N–H and O–H groups in total. The first-order chi connectivity index (χ1) is 9.47. The van der Waals surface area contributed by atoms with Crippen molar-refractivity contribution >= 4 is 5.69 Å². The predicted octanol–water partition coefficient (Wildman–Crippen LogP) is 3.35. The standard InChI is InChI=1S/C13H14F5NO/c14-8-9(15)11(17)13(12(18)10(8)16)19-7-4-2-1-3-6(7)5-20/h6-7,19-20H,1-5H2. The van der Waals surface area contributed by atoms with Gasteiger partial charge >= 0.3 is 0 Å². The predicted molar refractivity (Wildman–Crippen MR) is 62.7 cm³/mol. The summed E-state index contributed by atoms with van der Waals surface area (Å²) >= 11 is 0. The van der Waals surface area contributed by atoms with Crippen LogP contribution >= 0.6 is 0 Å². The summed E-state index contributed by atoms with van der Waals surface area (Å²) in [5.41, 5.74) is -1.02. The highest BCUT2D eigenvalue weighted by molar-refractivity contribution is 5.48. The maximum atomic E-state index is 13.5. The van der Waals surface area contributed by atoms with Gasteiger partial charge in [-0.3, -0.25) is 0 Å². The average molecular weight is 295 g/mol. The molecule has 0 spiro atoms. The van der Waals surface area contributed by atoms with Gasteiger partial charge in [0.1, 0.15) is 5.69 Å². The smallest absolute Gasteiger partial charge is 0.200 e. The quantitative estimate of drug-likeness (QED) is 0.509. The van der Waals surface area contributed by atoms with Gasteiger partial charge in [0.15, 0.2) is 23.3 Å². The number of hydrogen-bond acceptors (Lipinski definition) is 2. The molecule has 2 nitrogen and oxygen atoms in total. The third kappa shape index (κ3) is 2.59. The van der Waals surface area contributed by atoms with E-state index >= 15 is 0 Å². The molecule has 20 heavy (non-hydrogen) atoms. The van der Waals surface area contributed by atoms with E-state index in [2.05, 4.69) is 5.32 Å². The SMILES string of the molecule is OCC1CCCCC1Nc1c(F)c(F)c(F)c(F)c1F. The molecule has 2 atom stereocenters. The normalized spacial score (nSPS) is 22.9. The lowest BCUT2D eigenvalue weighted by molar-refractivity contribution is 0.177. The van der Waals surface area contributed by atoms with Crippen molar-refractivity contribution in [2.75, 3.05) is 11.9 Å². The molecule has 0 radical (unpaired) electrons. The molecule has 0 saturated heterocycles. The monoisotopic (exact) mass is 295 g/mol. The van der Waals surface area contributed by atoms with Gasteiger partial charge in [-0.05, 0) is 12.8 Å². The van der Waals surface area contributed by atoms with Crippen molar-refractivity contribution < 1.29 is 27.1 Å². The van der Waals surface area contributed by atoms with Crippen molar-refractivity contribution in [1.29, 1.82) is 0 Å². The zero-order chi connectivity index (χ0) is 14.9. The second-order valence-electron chi connectivity index (χ2n) is 4.92. The van der Waals surface area contributed by atoms with Crippen LogP contribution in [0.1, 0.15) is 25.7 Å². The van der Waals surface area contributed by atoms with Gasteiger partial charge in [0.05, 0.1) is 0 Å². The Kier molecular flexibility index (Phi) is 4.47. The summed E-state index contributed by atoms with van der Waals surface area (Å²) in [6.07, 6.45) is 2.78. The average Bonchev–Trinajstić information content (AvgIpc) is 2.48. The summed E-state index contributed by atoms with van der Waals surface area (Å²) in [5.74, 6) is -10.1. The number of rotatable bonds is 3. The van der Waals surface area contributed by atoms with Gasteiger partial charge in [-0.25, -0.2) is 22.0 Å². The molecule has 0 heterocycles. The zero-order valence-electron chi connectivity index (χ0n) is 10.5. The van der Waals surface area contributed by atoms with Crippen molar-refractivity contribution in [1.82, 2.24) is 0 Å². The minimum Gasteiger partial charge on any atom is -0.396 e. The van der Waals surface area contributed by atoms with Crippen LogP contribution in [0.4, 0.5) is 27.6 Å². The van der Waals surface area contributed by atoms with E-state index in [1.165, 1.54) is 0 Å². The molecule has 0 amide bonds. The molecule has 1 aromatic rings. The summed E-state index contributed by atoms with van der Waals surface area (Å²) in [6.45, 7) is -0.201. The summed E-state index contributed by atoms with van der Waals surface area (Å²) < 4.78 is 66.2. The Morgan fingerprint density at radius 2 is 1.35 bits per heavy atom. The molecule has 2 rings (SSSR count). The van der Waals surface area contributed by atoms with Gasteiger partial charge in [0.25, 0.3) is 0 Å². The maximum Gasteiger partial charge on any atom is 0.200 e. The van der Waals surface area contributed by atoms with Crippen molar-refractivity contribution in [2.24, 2.45) is 5.92 Å². The molecule has 7 heteroatoms. The minimum atomic E-state index is -2.17. The Morgan fingerprint density at radius 1 is 0.850 bits per heavy atom. The van der Waals surface area contributed by atoms with Crippen LogP contribution < -0.4 is 5.32 Å². The van der Waals surface area contributed by atoms with Crippen LogP contribution in [0.3, 0.4) is 0 Å². The van der Waals surface area contributed by atoms with Crippen LogP contribution in [0.5, 0.6) is 0 Å². The Labute approximate surface area is 112 Å². The summed E-state index contributed by atoms with van der Waals surface area (Å²) in [4.78, 5) is 0. The van der Waals surface area contributed by atoms with Gasteiger partial charge in [-0.2, -0.15) is 0 Å². The lowest BCUT2D eigenvalue weighted by atomic mass is 9.85. The molecule has 0 aromatic heterocycles. The fourth-order valence-corrected chi connectivity index (χ4v) is 2.53. The number of nitrogens with one attached hydrogen (secondary N) is 1. The summed E-state index contributed by atoms with van der Waals surface area (Å²) in [6, 6.07) is -0.512. The number of aliphatic hydroxyl groups excluding tert-OH is 1. The summed E-state index contributed by atoms with van der Waals surface area (Å²) in [5, 5.41) is 11.6. The number of hydrogen-bond donors (Lipinski definition) is 2. The number of anilines is 1. The van der Waals surface area contributed by atoms with Gasteiger partial charge in [0.2, 0.25) is 5.82 Å². The highest BCUT2D eigenvalue weighted by Gasteiger charge is 2.30. The van der Waals surface area contributed by atoms with Gasteiger partial charge in [-0.1, -0.05) is 12.8 Å². The lowest BCUT2D eigenvalue weighted by Gasteiger charge is -2.31. The van der Waals surface area contributed by atoms with E-state index in [-0.39, 0.29) is 12.5 Å². The fraction of sp³-hybridized carbons (Fsp3) is 0.538. The Bertz CT molecular complexity index is 479. The largest absolute Gasteiger partial charge is 0.396 e. The first kappa shape index (κ1) is 15.0. The topological polar surface area (TPSA) is 32.3 Å². The summed E-state index contributed by atoms with van der Waals surface area (Å²) in [7, 11) is 0. The molecule has 1 fully saturated rings. The van der Waals surface area contributed by atoms with E-state index in [1.807, 2.05) is 0 Å². The first-order valence-corrected chi connectivity index (χ1v) is 6.36. The molecule has 2 unspecified atom stereocenters. The highest BCUT2D eigenvalue weighted by Crippen LogP contribution is 2.32. The molecular formula is C13H14F5NO. The Hall–Kier alpha value is -1.37. The van der Waals surface area contributed by atoms with Crippen LogP contribution in [0, 0.1) is 35.0 Å². The number of benzene rings is 1. The molecular weight excluding hydrogens is 281 g/mol. The van der Waals surface area contributed by atoms with E-state index in [0.717, 1.165) is 12.8 Å². The first-order valence-electron chi connectivity index (χ1n) is 6.36. The van der Waals surface area contributed by atoms with Crippen LogP contribution in [0.2, 0.25) is 0 Å². The minimum absolute atomic E-state index is 0.201. The van der Waals surface area contributed by atoms with Gasteiger partial charge < -0.3 is 10.4 Å². The second-order valence-corrected chi connectivity index (χ2v) is 4.92. The van der Waals surface area contributed by atoms with Crippen molar-refractivity contribution in [2.45, 2.75) is 31.7 Å². The number of halogens is 5. The van der Waals surface area contributed by atoms with Crippen LogP contribution in [-0.4, -0.2) is 17.8 Å². The molecule has 0 aliphatic heterocycles. The third-order valence-electron chi connectivity index (χ3n) is 3.68. The molecule has 112 valence electrons. The second kappa shape index (κ2) is 5.95. The molecule has 0 bridgehead atoms. The molecule has 1 aromatic carbocycles. The van der Waals surface area contributed by atoms with Crippen LogP contribution in [-0.2, 0) is 0 Å². The van der Waals surface area contributed by atoms with Crippen molar-refractivity contribution in [3.05, 3.63) is 29.1 Å². The van der Waals surface area contributed by atoms with E-state index in [9.17, 15) is 27.1 Å². The van der Waals surface area contributed by atoms with Crippen LogP contribution in [0.15, 0.2) is 0 Å². The molecule has 1 aliphatic rings. The van der Waals surface area contributed by atoms with E-state index < -0.39 is 40.8 Å². The maximum absolute atomic E-state index is 13.5. The van der Waals surface area contributed by atoms with E-state index in [4.69, 9.17) is 0 Å².